The van der Waals surface area contributed by atoms with Crippen molar-refractivity contribution in [2.75, 3.05) is 36.9 Å². The van der Waals surface area contributed by atoms with Gasteiger partial charge in [-0.3, -0.25) is 24.5 Å². The first kappa shape index (κ1) is 33.2. The Bertz CT molecular complexity index is 1740. The summed E-state index contributed by atoms with van der Waals surface area (Å²) in [6.07, 6.45) is 2.46. The molecule has 0 spiro atoms. The van der Waals surface area contributed by atoms with Crippen LogP contribution in [0.4, 0.5) is 16.2 Å². The molecule has 1 aliphatic rings. The van der Waals surface area contributed by atoms with Gasteiger partial charge in [0.15, 0.2) is 0 Å². The number of aliphatic hydroxyl groups is 2. The first-order valence-corrected chi connectivity index (χ1v) is 15.3. The van der Waals surface area contributed by atoms with Crippen molar-refractivity contribution >= 4 is 29.3 Å². The standard InChI is InChI=1S/C35H38N6O6/c1-22-27(5-3-7-29(22)38-33(44)31-11-9-24(17-36-31)19-40-14-13-26(43)21-40)28-6-4-8-30(23(28)2)39-34(45)32-12-10-25(18-37-32)20-41(15-16-42)35(46)47/h3-12,17-18,26,42-43H,13-16,19-21H2,1-2H3,(H,38,44)(H,39,45)(H,46,47). The van der Waals surface area contributed by atoms with Gasteiger partial charge in [-0.15, -0.1) is 0 Å². The van der Waals surface area contributed by atoms with Crippen LogP contribution in [-0.2, 0) is 13.1 Å². The molecule has 244 valence electrons. The monoisotopic (exact) mass is 638 g/mol. The van der Waals surface area contributed by atoms with Crippen molar-refractivity contribution in [1.29, 1.82) is 0 Å². The van der Waals surface area contributed by atoms with E-state index in [0.717, 1.165) is 45.7 Å². The van der Waals surface area contributed by atoms with Crippen LogP contribution >= 0.6 is 0 Å². The van der Waals surface area contributed by atoms with Crippen LogP contribution in [0.3, 0.4) is 0 Å². The molecular weight excluding hydrogens is 600 g/mol. The van der Waals surface area contributed by atoms with Crippen LogP contribution in [0.2, 0.25) is 0 Å². The van der Waals surface area contributed by atoms with Gasteiger partial charge in [0.05, 0.1) is 19.3 Å². The molecule has 1 aliphatic heterocycles. The predicted molar refractivity (Wildman–Crippen MR) is 177 cm³/mol. The van der Waals surface area contributed by atoms with Crippen LogP contribution in [-0.4, -0.2) is 85.3 Å². The van der Waals surface area contributed by atoms with Gasteiger partial charge in [0.2, 0.25) is 0 Å². The number of carboxylic acid groups (broad SMARTS) is 1. The number of rotatable bonds is 11. The topological polar surface area (TPSA) is 168 Å². The number of aliphatic hydroxyl groups excluding tert-OH is 2. The number of carbonyl (C=O) groups excluding carboxylic acids is 2. The van der Waals surface area contributed by atoms with E-state index in [1.807, 2.05) is 50.2 Å². The van der Waals surface area contributed by atoms with Crippen molar-refractivity contribution in [2.45, 2.75) is 39.5 Å². The molecule has 0 bridgehead atoms. The summed E-state index contributed by atoms with van der Waals surface area (Å²) in [4.78, 5) is 49.3. The molecule has 0 radical (unpaired) electrons. The van der Waals surface area contributed by atoms with Gasteiger partial charge in [0.1, 0.15) is 11.4 Å². The van der Waals surface area contributed by atoms with Gasteiger partial charge in [0, 0.05) is 49.9 Å². The molecule has 12 nitrogen and oxygen atoms in total. The van der Waals surface area contributed by atoms with Gasteiger partial charge in [-0.25, -0.2) is 4.79 Å². The highest BCUT2D eigenvalue weighted by molar-refractivity contribution is 6.05. The van der Waals surface area contributed by atoms with Gasteiger partial charge >= 0.3 is 6.09 Å². The second-order valence-corrected chi connectivity index (χ2v) is 11.6. The Hall–Kier alpha value is -5.17. The van der Waals surface area contributed by atoms with E-state index in [1.165, 1.54) is 12.3 Å². The fourth-order valence-corrected chi connectivity index (χ4v) is 5.60. The SMILES string of the molecule is Cc1c(NC(=O)c2ccc(CN3CCC(O)C3)cn2)cccc1-c1cccc(NC(=O)c2ccc(CN(CCO)C(=O)O)cn2)c1C. The maximum Gasteiger partial charge on any atom is 0.407 e. The lowest BCUT2D eigenvalue weighted by Gasteiger charge is -2.18. The summed E-state index contributed by atoms with van der Waals surface area (Å²) in [5, 5.41) is 34.0. The third kappa shape index (κ3) is 8.17. The summed E-state index contributed by atoms with van der Waals surface area (Å²) < 4.78 is 0. The van der Waals surface area contributed by atoms with Gasteiger partial charge in [0.25, 0.3) is 11.8 Å². The molecule has 1 atom stereocenters. The first-order chi connectivity index (χ1) is 22.6. The molecule has 5 rings (SSSR count). The van der Waals surface area contributed by atoms with Crippen molar-refractivity contribution < 1.29 is 29.7 Å². The van der Waals surface area contributed by atoms with Gasteiger partial charge in [-0.2, -0.15) is 0 Å². The van der Waals surface area contributed by atoms with Gasteiger partial charge in [-0.05, 0) is 77.9 Å². The zero-order valence-corrected chi connectivity index (χ0v) is 26.3. The number of pyridine rings is 2. The molecule has 4 aromatic rings. The Morgan fingerprint density at radius 2 is 1.40 bits per heavy atom. The smallest absolute Gasteiger partial charge is 0.407 e. The van der Waals surface area contributed by atoms with Gasteiger partial charge < -0.3 is 30.9 Å². The summed E-state index contributed by atoms with van der Waals surface area (Å²) in [5.41, 5.74) is 6.72. The van der Waals surface area contributed by atoms with Crippen molar-refractivity contribution in [2.24, 2.45) is 0 Å². The Kier molecular flexibility index (Phi) is 10.6. The Balaban J connectivity index is 1.26. The highest BCUT2D eigenvalue weighted by atomic mass is 16.4. The largest absolute Gasteiger partial charge is 0.465 e. The summed E-state index contributed by atoms with van der Waals surface area (Å²) in [7, 11) is 0. The molecule has 0 saturated carbocycles. The van der Waals surface area contributed by atoms with E-state index in [4.69, 9.17) is 5.11 Å². The minimum absolute atomic E-state index is 0.0282. The lowest BCUT2D eigenvalue weighted by Crippen LogP contribution is -2.31. The van der Waals surface area contributed by atoms with E-state index in [1.54, 1.807) is 24.4 Å². The quantitative estimate of drug-likeness (QED) is 0.161. The normalized spacial score (nSPS) is 14.5. The summed E-state index contributed by atoms with van der Waals surface area (Å²) in [5.74, 6) is -0.745. The number of hydrogen-bond acceptors (Lipinski definition) is 8. The fraction of sp³-hybridized carbons (Fsp3) is 0.286. The minimum atomic E-state index is -1.15. The number of β-amino-alcohol motifs (C(OH)–C–C–N with tert-alkyl or cyclic N) is 1. The number of aromatic nitrogens is 2. The maximum absolute atomic E-state index is 13.1. The molecule has 12 heteroatoms. The molecule has 5 N–H and O–H groups in total. The molecule has 47 heavy (non-hydrogen) atoms. The maximum atomic E-state index is 13.1. The zero-order valence-electron chi connectivity index (χ0n) is 26.3. The Labute approximate surface area is 272 Å². The molecule has 1 unspecified atom stereocenters. The van der Waals surface area contributed by atoms with Crippen LogP contribution < -0.4 is 10.6 Å². The zero-order chi connectivity index (χ0) is 33.5. The van der Waals surface area contributed by atoms with E-state index in [-0.39, 0.29) is 37.4 Å². The first-order valence-electron chi connectivity index (χ1n) is 15.3. The predicted octanol–water partition coefficient (Wildman–Crippen LogP) is 4.30. The molecule has 2 aromatic heterocycles. The van der Waals surface area contributed by atoms with Crippen LogP contribution in [0.1, 0.15) is 49.7 Å². The summed E-state index contributed by atoms with van der Waals surface area (Å²) in [6, 6.07) is 18.0. The lowest BCUT2D eigenvalue weighted by molar-refractivity contribution is 0.101. The van der Waals surface area contributed by atoms with Crippen LogP contribution in [0.25, 0.3) is 11.1 Å². The highest BCUT2D eigenvalue weighted by Gasteiger charge is 2.21. The third-order valence-electron chi connectivity index (χ3n) is 8.24. The number of benzene rings is 2. The molecular formula is C35H38N6O6. The van der Waals surface area contributed by atoms with Crippen LogP contribution in [0.5, 0.6) is 0 Å². The Morgan fingerprint density at radius 3 is 1.85 bits per heavy atom. The highest BCUT2D eigenvalue weighted by Crippen LogP contribution is 2.34. The lowest BCUT2D eigenvalue weighted by atomic mass is 9.94. The van der Waals surface area contributed by atoms with Gasteiger partial charge in [-0.1, -0.05) is 36.4 Å². The molecule has 0 aliphatic carbocycles. The van der Waals surface area contributed by atoms with E-state index in [9.17, 15) is 24.6 Å². The average Bonchev–Trinajstić information content (AvgIpc) is 3.47. The minimum Gasteiger partial charge on any atom is -0.465 e. The van der Waals surface area contributed by atoms with Crippen molar-refractivity contribution in [3.8, 4) is 11.1 Å². The van der Waals surface area contributed by atoms with E-state index >= 15 is 0 Å². The fourth-order valence-electron chi connectivity index (χ4n) is 5.60. The third-order valence-corrected chi connectivity index (χ3v) is 8.24. The summed E-state index contributed by atoms with van der Waals surface area (Å²) >= 11 is 0. The van der Waals surface area contributed by atoms with E-state index in [0.29, 0.717) is 35.7 Å². The molecule has 3 amide bonds. The average molecular weight is 639 g/mol. The number of hydrogen-bond donors (Lipinski definition) is 5. The second kappa shape index (κ2) is 14.9. The summed E-state index contributed by atoms with van der Waals surface area (Å²) in [6.45, 7) is 5.70. The molecule has 1 saturated heterocycles. The molecule has 2 aromatic carbocycles. The number of nitrogens with zero attached hydrogens (tertiary/aromatic N) is 4. The number of carbonyl (C=O) groups is 3. The number of nitrogens with one attached hydrogen (secondary N) is 2. The van der Waals surface area contributed by atoms with Crippen LogP contribution in [0.15, 0.2) is 73.1 Å². The van der Waals surface area contributed by atoms with Crippen molar-refractivity contribution in [3.63, 3.8) is 0 Å². The number of likely N-dealkylation sites (tertiary alicyclic amines) is 1. The Morgan fingerprint density at radius 1 is 0.851 bits per heavy atom. The van der Waals surface area contributed by atoms with Crippen LogP contribution in [0, 0.1) is 13.8 Å². The van der Waals surface area contributed by atoms with Crippen molar-refractivity contribution in [3.05, 3.63) is 107 Å². The van der Waals surface area contributed by atoms with Crippen molar-refractivity contribution in [1.82, 2.24) is 19.8 Å². The number of anilines is 2. The second-order valence-electron chi connectivity index (χ2n) is 11.6. The number of amides is 3. The molecule has 1 fully saturated rings. The van der Waals surface area contributed by atoms with E-state index < -0.39 is 12.0 Å². The van der Waals surface area contributed by atoms with E-state index in [2.05, 4.69) is 25.5 Å². The molecule has 3 heterocycles.